The summed E-state index contributed by atoms with van der Waals surface area (Å²) < 4.78 is 36.4. The number of rotatable bonds is 4. The van der Waals surface area contributed by atoms with Gasteiger partial charge in [-0.3, -0.25) is 9.59 Å². The third-order valence-electron chi connectivity index (χ3n) is 2.25. The number of nitrogens with zero attached hydrogens (tertiary/aromatic N) is 2. The minimum Gasteiger partial charge on any atom is -0.358 e. The molecule has 0 aliphatic rings. The average molecular weight is 309 g/mol. The second-order valence-corrected chi connectivity index (χ2v) is 4.43. The summed E-state index contributed by atoms with van der Waals surface area (Å²) in [6.07, 6.45) is -5.14. The summed E-state index contributed by atoms with van der Waals surface area (Å²) in [7, 11) is 0. The molecule has 0 aromatic carbocycles. The highest BCUT2D eigenvalue weighted by atomic mass is 19.4. The van der Waals surface area contributed by atoms with Crippen molar-refractivity contribution >= 4 is 23.5 Å². The van der Waals surface area contributed by atoms with Crippen molar-refractivity contribution in [3.8, 4) is 0 Å². The van der Waals surface area contributed by atoms with Gasteiger partial charge in [0.2, 0.25) is 0 Å². The Balaban J connectivity index is 2.77. The molecule has 9 nitrogen and oxygen atoms in total. The molecule has 116 valence electrons. The zero-order chi connectivity index (χ0) is 16.4. The van der Waals surface area contributed by atoms with Crippen LogP contribution in [0.1, 0.15) is 13.8 Å². The molecular weight excluding hydrogens is 299 g/mol. The van der Waals surface area contributed by atoms with Crippen molar-refractivity contribution in [3.63, 3.8) is 0 Å². The molecule has 2 amide bonds. The van der Waals surface area contributed by atoms with E-state index < -0.39 is 34.3 Å². The van der Waals surface area contributed by atoms with E-state index in [0.717, 1.165) is 19.9 Å². The Bertz CT molecular complexity index is 580. The summed E-state index contributed by atoms with van der Waals surface area (Å²) in [5, 5.41) is 19.3. The first-order chi connectivity index (χ1) is 9.43. The number of nitro groups is 1. The minimum absolute atomic E-state index is 0.263. The fraction of sp³-hybridized carbons (Fsp3) is 0.444. The van der Waals surface area contributed by atoms with Gasteiger partial charge in [0.15, 0.2) is 5.82 Å². The molecule has 0 unspecified atom stereocenters. The molecule has 1 aromatic rings. The molecule has 0 saturated carbocycles. The van der Waals surface area contributed by atoms with Gasteiger partial charge in [-0.1, -0.05) is 5.10 Å². The van der Waals surface area contributed by atoms with Crippen molar-refractivity contribution in [3.05, 3.63) is 16.2 Å². The molecule has 0 bridgehead atoms. The van der Waals surface area contributed by atoms with Crippen molar-refractivity contribution in [2.75, 3.05) is 5.32 Å². The number of carbonyl (C=O) groups excluding carboxylic acids is 2. The molecule has 0 aliphatic carbocycles. The average Bonchev–Trinajstić information content (AvgIpc) is 2.75. The fourth-order valence-electron chi connectivity index (χ4n) is 1.15. The van der Waals surface area contributed by atoms with Crippen LogP contribution in [0, 0.1) is 10.1 Å². The van der Waals surface area contributed by atoms with Gasteiger partial charge in [-0.15, -0.1) is 5.10 Å². The molecule has 12 heteroatoms. The van der Waals surface area contributed by atoms with Crippen LogP contribution in [0.5, 0.6) is 0 Å². The molecular formula is C9H10F3N5O4. The first kappa shape index (κ1) is 16.4. The van der Waals surface area contributed by atoms with Gasteiger partial charge in [0.25, 0.3) is 5.91 Å². The van der Waals surface area contributed by atoms with Crippen LogP contribution in [0.4, 0.5) is 24.8 Å². The van der Waals surface area contributed by atoms with Crippen LogP contribution in [-0.2, 0) is 9.59 Å². The summed E-state index contributed by atoms with van der Waals surface area (Å²) in [5.41, 5.74) is -1.90. The minimum atomic E-state index is -5.14. The van der Waals surface area contributed by atoms with E-state index in [9.17, 15) is 32.9 Å². The predicted octanol–water partition coefficient (Wildman–Crippen LogP) is 0.713. The maximum absolute atomic E-state index is 12.1. The number of anilines is 1. The lowest BCUT2D eigenvalue weighted by molar-refractivity contribution is -0.389. The first-order valence-electron chi connectivity index (χ1n) is 5.34. The normalized spacial score (nSPS) is 11.9. The van der Waals surface area contributed by atoms with Crippen LogP contribution in [0.25, 0.3) is 0 Å². The third kappa shape index (κ3) is 4.15. The van der Waals surface area contributed by atoms with Gasteiger partial charge >= 0.3 is 17.9 Å². The number of aromatic amines is 1. The standard InChI is InChI=1S/C9H10F3N5O4/c1-8(2,14-7(19)9(10,11)12)6(18)13-4-3-5(16-15-4)17(20)21/h3H,1-2H3,(H,14,19)(H2,13,15,16,18). The van der Waals surface area contributed by atoms with Crippen LogP contribution < -0.4 is 10.6 Å². The Hall–Kier alpha value is -2.66. The summed E-state index contributed by atoms with van der Waals surface area (Å²) >= 11 is 0. The molecule has 3 N–H and O–H groups in total. The van der Waals surface area contributed by atoms with Crippen LogP contribution >= 0.6 is 0 Å². The lowest BCUT2D eigenvalue weighted by Crippen LogP contribution is -2.55. The monoisotopic (exact) mass is 309 g/mol. The van der Waals surface area contributed by atoms with E-state index in [4.69, 9.17) is 0 Å². The SMILES string of the molecule is CC(C)(NC(=O)C(F)(F)F)C(=O)Nc1cc([N+](=O)[O-])[nH]n1. The summed E-state index contributed by atoms with van der Waals surface area (Å²) in [6.45, 7) is 2.07. The molecule has 0 saturated heterocycles. The molecule has 0 aliphatic heterocycles. The van der Waals surface area contributed by atoms with Gasteiger partial charge in [0.05, 0.1) is 6.07 Å². The van der Waals surface area contributed by atoms with Gasteiger partial charge in [-0.25, -0.2) is 0 Å². The quantitative estimate of drug-likeness (QED) is 0.557. The van der Waals surface area contributed by atoms with E-state index in [1.54, 1.807) is 0 Å². The van der Waals surface area contributed by atoms with Crippen LogP contribution in [0.2, 0.25) is 0 Å². The molecule has 0 radical (unpaired) electrons. The van der Waals surface area contributed by atoms with E-state index in [-0.39, 0.29) is 5.82 Å². The van der Waals surface area contributed by atoms with Crippen molar-refractivity contribution in [1.29, 1.82) is 0 Å². The van der Waals surface area contributed by atoms with Crippen molar-refractivity contribution in [2.24, 2.45) is 0 Å². The maximum atomic E-state index is 12.1. The Morgan fingerprint density at radius 2 is 1.90 bits per heavy atom. The number of amides is 2. The zero-order valence-corrected chi connectivity index (χ0v) is 10.7. The maximum Gasteiger partial charge on any atom is 0.471 e. The van der Waals surface area contributed by atoms with Gasteiger partial charge < -0.3 is 20.7 Å². The van der Waals surface area contributed by atoms with Crippen LogP contribution in [-0.4, -0.2) is 38.7 Å². The van der Waals surface area contributed by atoms with E-state index in [2.05, 4.69) is 5.10 Å². The van der Waals surface area contributed by atoms with Crippen LogP contribution in [0.3, 0.4) is 0 Å². The number of nitrogens with one attached hydrogen (secondary N) is 3. The second kappa shape index (κ2) is 5.38. The number of hydrogen-bond acceptors (Lipinski definition) is 5. The smallest absolute Gasteiger partial charge is 0.358 e. The summed E-state index contributed by atoms with van der Waals surface area (Å²) in [6, 6.07) is 0.875. The van der Waals surface area contributed by atoms with Crippen LogP contribution in [0.15, 0.2) is 6.07 Å². The molecule has 0 atom stereocenters. The predicted molar refractivity (Wildman–Crippen MR) is 62.1 cm³/mol. The molecule has 0 spiro atoms. The Morgan fingerprint density at radius 3 is 2.33 bits per heavy atom. The Labute approximate surface area is 115 Å². The topological polar surface area (TPSA) is 130 Å². The van der Waals surface area contributed by atoms with Crippen molar-refractivity contribution in [2.45, 2.75) is 25.6 Å². The number of halogens is 3. The van der Waals surface area contributed by atoms with Crippen molar-refractivity contribution < 1.29 is 27.7 Å². The molecule has 1 heterocycles. The number of H-pyrrole nitrogens is 1. The van der Waals surface area contributed by atoms with Gasteiger partial charge in [0.1, 0.15) is 5.54 Å². The lowest BCUT2D eigenvalue weighted by atomic mass is 10.0. The van der Waals surface area contributed by atoms with E-state index >= 15 is 0 Å². The summed E-state index contributed by atoms with van der Waals surface area (Å²) in [4.78, 5) is 32.1. The highest BCUT2D eigenvalue weighted by molar-refractivity contribution is 6.00. The fourth-order valence-corrected chi connectivity index (χ4v) is 1.15. The third-order valence-corrected chi connectivity index (χ3v) is 2.25. The number of aromatic nitrogens is 2. The number of hydrogen-bond donors (Lipinski definition) is 3. The van der Waals surface area contributed by atoms with Gasteiger partial charge in [0, 0.05) is 0 Å². The zero-order valence-electron chi connectivity index (χ0n) is 10.7. The van der Waals surface area contributed by atoms with E-state index in [1.807, 2.05) is 10.4 Å². The first-order valence-corrected chi connectivity index (χ1v) is 5.34. The highest BCUT2D eigenvalue weighted by Gasteiger charge is 2.43. The van der Waals surface area contributed by atoms with Gasteiger partial charge in [-0.05, 0) is 18.8 Å². The Kier molecular flexibility index (Phi) is 4.20. The van der Waals surface area contributed by atoms with Gasteiger partial charge in [-0.2, -0.15) is 13.2 Å². The van der Waals surface area contributed by atoms with E-state index in [0.29, 0.717) is 0 Å². The number of carbonyl (C=O) groups is 2. The van der Waals surface area contributed by atoms with Crippen molar-refractivity contribution in [1.82, 2.24) is 15.5 Å². The molecule has 0 fully saturated rings. The largest absolute Gasteiger partial charge is 0.471 e. The summed E-state index contributed by atoms with van der Waals surface area (Å²) in [5.74, 6) is -4.08. The van der Waals surface area contributed by atoms with E-state index in [1.165, 1.54) is 5.32 Å². The highest BCUT2D eigenvalue weighted by Crippen LogP contribution is 2.18. The number of alkyl halides is 3. The lowest BCUT2D eigenvalue weighted by Gasteiger charge is -2.24. The molecule has 21 heavy (non-hydrogen) atoms. The Morgan fingerprint density at radius 1 is 1.33 bits per heavy atom. The molecule has 1 rings (SSSR count). The molecule has 1 aromatic heterocycles. The second-order valence-electron chi connectivity index (χ2n) is 4.43.